The molecule has 1 aromatic heterocycles. The molecule has 0 unspecified atom stereocenters. The Kier molecular flexibility index (Phi) is 4.70. The molecule has 29 heavy (non-hydrogen) atoms. The van der Waals surface area contributed by atoms with Crippen LogP contribution in [0.5, 0.6) is 0 Å². The Morgan fingerprint density at radius 1 is 1.24 bits per heavy atom. The van der Waals surface area contributed by atoms with E-state index in [1.165, 1.54) is 9.21 Å². The molecule has 9 heteroatoms. The lowest BCUT2D eigenvalue weighted by atomic mass is 9.72. The summed E-state index contributed by atoms with van der Waals surface area (Å²) in [5.74, 6) is -0.340. The van der Waals surface area contributed by atoms with E-state index in [9.17, 15) is 18.0 Å². The first-order chi connectivity index (χ1) is 13.7. The van der Waals surface area contributed by atoms with Crippen molar-refractivity contribution in [2.75, 3.05) is 40.0 Å². The van der Waals surface area contributed by atoms with E-state index >= 15 is 0 Å². The summed E-state index contributed by atoms with van der Waals surface area (Å²) in [6.07, 6.45) is 2.49. The fourth-order valence-electron chi connectivity index (χ4n) is 4.81. The Morgan fingerprint density at radius 2 is 2.00 bits per heavy atom. The van der Waals surface area contributed by atoms with E-state index in [2.05, 4.69) is 4.98 Å². The molecule has 2 aliphatic rings. The van der Waals surface area contributed by atoms with Crippen LogP contribution in [0.3, 0.4) is 0 Å². The number of fused-ring (bicyclic) bond motifs is 2. The number of nitrogens with one attached hydrogen (secondary N) is 1. The maximum absolute atomic E-state index is 13.2. The zero-order valence-electron chi connectivity index (χ0n) is 16.9. The smallest absolute Gasteiger partial charge is 0.253 e. The molecule has 0 spiro atoms. The van der Waals surface area contributed by atoms with Gasteiger partial charge in [0, 0.05) is 62.9 Å². The second kappa shape index (κ2) is 6.84. The molecule has 2 atom stereocenters. The Morgan fingerprint density at radius 3 is 2.72 bits per heavy atom. The third-order valence-electron chi connectivity index (χ3n) is 6.39. The van der Waals surface area contributed by atoms with Crippen LogP contribution in [0.25, 0.3) is 10.9 Å². The minimum Gasteiger partial charge on any atom is -0.361 e. The average Bonchev–Trinajstić information content (AvgIpc) is 3.17. The highest BCUT2D eigenvalue weighted by Gasteiger charge is 2.57. The number of hydrogen-bond acceptors (Lipinski definition) is 4. The highest BCUT2D eigenvalue weighted by atomic mass is 32.2. The molecule has 2 saturated heterocycles. The Balaban J connectivity index is 1.68. The summed E-state index contributed by atoms with van der Waals surface area (Å²) >= 11 is 0. The maximum atomic E-state index is 13.2. The first-order valence-electron chi connectivity index (χ1n) is 9.70. The predicted octanol–water partition coefficient (Wildman–Crippen LogP) is 1.12. The second-order valence-corrected chi connectivity index (χ2v) is 10.4. The molecule has 2 fully saturated rings. The van der Waals surface area contributed by atoms with Crippen LogP contribution in [0.4, 0.5) is 0 Å². The van der Waals surface area contributed by atoms with Crippen LogP contribution in [0, 0.1) is 5.41 Å². The van der Waals surface area contributed by atoms with E-state index in [-0.39, 0.29) is 30.5 Å². The normalized spacial score (nSPS) is 26.9. The number of benzene rings is 1. The van der Waals surface area contributed by atoms with E-state index in [0.717, 1.165) is 10.9 Å². The second-order valence-electron chi connectivity index (χ2n) is 8.25. The number of carbonyl (C=O) groups excluding carboxylic acids is 2. The number of likely N-dealkylation sites (tertiary alicyclic amines) is 1. The lowest BCUT2D eigenvalue weighted by Crippen LogP contribution is -2.67. The molecule has 2 amide bonds. The topological polar surface area (TPSA) is 93.8 Å². The number of hydrogen-bond donors (Lipinski definition) is 1. The first-order valence-corrected chi connectivity index (χ1v) is 11.3. The van der Waals surface area contributed by atoms with Gasteiger partial charge in [0.25, 0.3) is 5.91 Å². The van der Waals surface area contributed by atoms with Gasteiger partial charge in [0.15, 0.2) is 0 Å². The summed E-state index contributed by atoms with van der Waals surface area (Å²) in [7, 11) is 1.53. The minimum absolute atomic E-state index is 0.0864. The van der Waals surface area contributed by atoms with Crippen LogP contribution in [0.1, 0.15) is 23.2 Å². The molecule has 1 aromatic carbocycles. The molecular weight excluding hydrogens is 392 g/mol. The van der Waals surface area contributed by atoms with Crippen LogP contribution in [-0.4, -0.2) is 85.3 Å². The standard InChI is InChI=1S/C20H26N4O4S/c1-22(2)19(26)20-8-11-29(27,28)23(3)17(20)7-10-24(13-20)18(25)15-4-5-16-14(12-15)6-9-21-16/h4-6,9,12,17,21H,7-8,10-11,13H2,1-3H3/t17-,20+/m1/s1. The lowest BCUT2D eigenvalue weighted by Gasteiger charge is -2.53. The van der Waals surface area contributed by atoms with Gasteiger partial charge in [-0.05, 0) is 37.1 Å². The Bertz CT molecular complexity index is 1080. The van der Waals surface area contributed by atoms with E-state index < -0.39 is 21.5 Å². The SMILES string of the molecule is CN(C)C(=O)[C@]12CCS(=O)(=O)N(C)[C@@H]1CCN(C(=O)c1ccc3[nH]ccc3c1)C2. The third-order valence-corrected chi connectivity index (χ3v) is 8.24. The molecule has 0 bridgehead atoms. The zero-order valence-corrected chi connectivity index (χ0v) is 17.7. The monoisotopic (exact) mass is 418 g/mol. The molecule has 0 aliphatic carbocycles. The highest BCUT2D eigenvalue weighted by molar-refractivity contribution is 7.89. The van der Waals surface area contributed by atoms with Crippen LogP contribution in [0.15, 0.2) is 30.5 Å². The third kappa shape index (κ3) is 3.12. The fourth-order valence-corrected chi connectivity index (χ4v) is 6.41. The molecule has 1 N–H and O–H groups in total. The summed E-state index contributed by atoms with van der Waals surface area (Å²) in [6.45, 7) is 0.634. The largest absolute Gasteiger partial charge is 0.361 e. The van der Waals surface area contributed by atoms with Gasteiger partial charge in [-0.1, -0.05) is 0 Å². The van der Waals surface area contributed by atoms with E-state index in [1.807, 2.05) is 24.4 Å². The van der Waals surface area contributed by atoms with Crippen molar-refractivity contribution in [3.05, 3.63) is 36.0 Å². The van der Waals surface area contributed by atoms with Crippen LogP contribution >= 0.6 is 0 Å². The molecule has 0 radical (unpaired) electrons. The number of amides is 2. The van der Waals surface area contributed by atoms with Gasteiger partial charge in [-0.25, -0.2) is 12.7 Å². The van der Waals surface area contributed by atoms with Crippen LogP contribution < -0.4 is 0 Å². The van der Waals surface area contributed by atoms with Crippen molar-refractivity contribution in [1.29, 1.82) is 0 Å². The van der Waals surface area contributed by atoms with E-state index in [0.29, 0.717) is 18.5 Å². The van der Waals surface area contributed by atoms with Gasteiger partial charge in [0.2, 0.25) is 15.9 Å². The van der Waals surface area contributed by atoms with Gasteiger partial charge in [0.1, 0.15) is 0 Å². The first kappa shape index (κ1) is 19.9. The van der Waals surface area contributed by atoms with Gasteiger partial charge in [-0.2, -0.15) is 0 Å². The van der Waals surface area contributed by atoms with Crippen molar-refractivity contribution in [3.8, 4) is 0 Å². The summed E-state index contributed by atoms with van der Waals surface area (Å²) < 4.78 is 26.2. The maximum Gasteiger partial charge on any atom is 0.253 e. The van der Waals surface area contributed by atoms with Crippen molar-refractivity contribution >= 4 is 32.7 Å². The molecule has 3 heterocycles. The Labute approximate surface area is 170 Å². The predicted molar refractivity (Wildman–Crippen MR) is 110 cm³/mol. The number of H-pyrrole nitrogens is 1. The van der Waals surface area contributed by atoms with Gasteiger partial charge in [-0.3, -0.25) is 9.59 Å². The quantitative estimate of drug-likeness (QED) is 0.791. The van der Waals surface area contributed by atoms with Crippen molar-refractivity contribution in [1.82, 2.24) is 19.1 Å². The summed E-state index contributed by atoms with van der Waals surface area (Å²) in [5.41, 5.74) is 0.605. The van der Waals surface area contributed by atoms with Gasteiger partial charge >= 0.3 is 0 Å². The Hall–Kier alpha value is -2.39. The number of sulfonamides is 1. The highest BCUT2D eigenvalue weighted by Crippen LogP contribution is 2.43. The van der Waals surface area contributed by atoms with Crippen LogP contribution in [-0.2, 0) is 14.8 Å². The van der Waals surface area contributed by atoms with E-state index in [4.69, 9.17) is 0 Å². The minimum atomic E-state index is -3.38. The number of piperidine rings is 1. The van der Waals surface area contributed by atoms with Crippen molar-refractivity contribution in [3.63, 3.8) is 0 Å². The van der Waals surface area contributed by atoms with Crippen molar-refractivity contribution in [2.45, 2.75) is 18.9 Å². The summed E-state index contributed by atoms with van der Waals surface area (Å²) in [4.78, 5) is 32.8. The molecule has 2 aromatic rings. The average molecular weight is 419 g/mol. The number of rotatable bonds is 2. The number of aromatic nitrogens is 1. The summed E-state index contributed by atoms with van der Waals surface area (Å²) in [5, 5.41) is 0.952. The van der Waals surface area contributed by atoms with Crippen molar-refractivity contribution in [2.24, 2.45) is 5.41 Å². The van der Waals surface area contributed by atoms with Gasteiger partial charge in [-0.15, -0.1) is 0 Å². The van der Waals surface area contributed by atoms with Crippen LogP contribution in [0.2, 0.25) is 0 Å². The van der Waals surface area contributed by atoms with E-state index in [1.54, 1.807) is 32.1 Å². The summed E-state index contributed by atoms with van der Waals surface area (Å²) in [6, 6.07) is 6.98. The van der Waals surface area contributed by atoms with Gasteiger partial charge in [0.05, 0.1) is 11.2 Å². The molecule has 8 nitrogen and oxygen atoms in total. The molecule has 156 valence electrons. The van der Waals surface area contributed by atoms with Crippen molar-refractivity contribution < 1.29 is 18.0 Å². The number of nitrogens with zero attached hydrogens (tertiary/aromatic N) is 3. The molecular formula is C20H26N4O4S. The molecule has 2 aliphatic heterocycles. The molecule has 0 saturated carbocycles. The lowest BCUT2D eigenvalue weighted by molar-refractivity contribution is -0.147. The molecule has 4 rings (SSSR count). The van der Waals surface area contributed by atoms with Gasteiger partial charge < -0.3 is 14.8 Å². The zero-order chi connectivity index (χ0) is 21.0. The fraction of sp³-hybridized carbons (Fsp3) is 0.500. The number of carbonyl (C=O) groups is 2. The number of aromatic amines is 1.